The van der Waals surface area contributed by atoms with Gasteiger partial charge in [-0.15, -0.1) is 0 Å². The minimum Gasteiger partial charge on any atom is -0.344 e. The summed E-state index contributed by atoms with van der Waals surface area (Å²) in [7, 11) is 1.36. The molecule has 0 aliphatic carbocycles. The van der Waals surface area contributed by atoms with E-state index >= 15 is 0 Å². The lowest BCUT2D eigenvalue weighted by Gasteiger charge is -2.25. The van der Waals surface area contributed by atoms with Gasteiger partial charge in [-0.05, 0) is 55.0 Å². The van der Waals surface area contributed by atoms with Crippen LogP contribution in [0.2, 0.25) is 0 Å². The Morgan fingerprint density at radius 2 is 1.15 bits per heavy atom. The van der Waals surface area contributed by atoms with Crippen molar-refractivity contribution in [2.24, 2.45) is 5.41 Å². The normalized spacial score (nSPS) is 16.0. The zero-order valence-corrected chi connectivity index (χ0v) is 17.0. The summed E-state index contributed by atoms with van der Waals surface area (Å²) in [6.07, 6.45) is -9.41. The van der Waals surface area contributed by atoms with E-state index < -0.39 is 46.6 Å². The first-order valence-electron chi connectivity index (χ1n) is 9.48. The number of anilines is 2. The van der Waals surface area contributed by atoms with Crippen LogP contribution in [0, 0.1) is 5.41 Å². The summed E-state index contributed by atoms with van der Waals surface area (Å²) in [5, 5.41) is 4.57. The van der Waals surface area contributed by atoms with E-state index in [1.165, 1.54) is 7.05 Å². The van der Waals surface area contributed by atoms with Crippen LogP contribution in [0.4, 0.5) is 37.7 Å². The molecule has 2 N–H and O–H groups in total. The van der Waals surface area contributed by atoms with Gasteiger partial charge in [0.15, 0.2) is 0 Å². The summed E-state index contributed by atoms with van der Waals surface area (Å²) >= 11 is 0. The van der Waals surface area contributed by atoms with Crippen LogP contribution < -0.4 is 10.6 Å². The lowest BCUT2D eigenvalue weighted by atomic mass is 9.83. The number of alkyl halides is 6. The van der Waals surface area contributed by atoms with Gasteiger partial charge in [0.2, 0.25) is 23.1 Å². The molecule has 3 rings (SSSR count). The topological polar surface area (TPSA) is 78.5 Å². The molecule has 1 saturated heterocycles. The summed E-state index contributed by atoms with van der Waals surface area (Å²) < 4.78 is 76.4. The smallest absolute Gasteiger partial charge is 0.344 e. The van der Waals surface area contributed by atoms with Crippen LogP contribution in [0.3, 0.4) is 0 Å². The average molecular weight is 473 g/mol. The minimum atomic E-state index is -4.59. The maximum absolute atomic E-state index is 13.0. The Kier molecular flexibility index (Phi) is 6.14. The summed E-state index contributed by atoms with van der Waals surface area (Å²) in [5.74, 6) is -2.99. The first-order valence-corrected chi connectivity index (χ1v) is 9.48. The number of hydrogen-bond donors (Lipinski definition) is 2. The molecule has 0 bridgehead atoms. The first-order chi connectivity index (χ1) is 15.2. The van der Waals surface area contributed by atoms with Gasteiger partial charge in [0, 0.05) is 25.0 Å². The second kappa shape index (κ2) is 8.41. The summed E-state index contributed by atoms with van der Waals surface area (Å²) in [4.78, 5) is 39.9. The van der Waals surface area contributed by atoms with Crippen LogP contribution >= 0.6 is 0 Å². The predicted molar refractivity (Wildman–Crippen MR) is 105 cm³/mol. The third-order valence-electron chi connectivity index (χ3n) is 5.25. The number of benzene rings is 2. The number of likely N-dealkylation sites (tertiary alicyclic amines) is 1. The van der Waals surface area contributed by atoms with E-state index in [0.717, 1.165) is 53.4 Å². The number of rotatable bonds is 4. The van der Waals surface area contributed by atoms with Crippen LogP contribution in [-0.2, 0) is 26.7 Å². The Morgan fingerprint density at radius 1 is 0.788 bits per heavy atom. The molecule has 2 aromatic rings. The van der Waals surface area contributed by atoms with Crippen LogP contribution in [0.25, 0.3) is 0 Å². The van der Waals surface area contributed by atoms with Gasteiger partial charge in [-0.3, -0.25) is 14.4 Å². The fourth-order valence-electron chi connectivity index (χ4n) is 3.35. The number of carbonyl (C=O) groups is 3. The van der Waals surface area contributed by atoms with E-state index in [1.807, 2.05) is 0 Å². The zero-order chi connectivity index (χ0) is 24.6. The molecule has 33 heavy (non-hydrogen) atoms. The van der Waals surface area contributed by atoms with Crippen LogP contribution in [0.5, 0.6) is 0 Å². The molecule has 1 heterocycles. The molecule has 0 atom stereocenters. The minimum absolute atomic E-state index is 0.0414. The number of amides is 3. The fraction of sp³-hybridized carbons (Fsp3) is 0.286. The molecule has 1 fully saturated rings. The molecule has 1 aliphatic rings. The fourth-order valence-corrected chi connectivity index (χ4v) is 3.35. The highest BCUT2D eigenvalue weighted by molar-refractivity contribution is 6.29. The SMILES string of the molecule is CN1CCC(C(=O)Nc2ccc(C(F)(F)F)cc2)(C(=O)Nc2ccc(C(F)(F)F)cc2)C1=O. The van der Waals surface area contributed by atoms with E-state index in [1.54, 1.807) is 0 Å². The lowest BCUT2D eigenvalue weighted by molar-refractivity contribution is -0.148. The van der Waals surface area contributed by atoms with E-state index in [0.29, 0.717) is 0 Å². The van der Waals surface area contributed by atoms with Gasteiger partial charge in [0.25, 0.3) is 0 Å². The monoisotopic (exact) mass is 473 g/mol. The predicted octanol–water partition coefficient (Wildman–Crippen LogP) is 4.15. The van der Waals surface area contributed by atoms with Gasteiger partial charge in [0.1, 0.15) is 0 Å². The third-order valence-corrected chi connectivity index (χ3v) is 5.25. The molecular formula is C21H17F6N3O3. The Labute approximate surface area is 183 Å². The molecule has 2 aromatic carbocycles. The quantitative estimate of drug-likeness (QED) is 0.518. The van der Waals surface area contributed by atoms with Gasteiger partial charge in [0.05, 0.1) is 11.1 Å². The summed E-state index contributed by atoms with van der Waals surface area (Å²) in [6.45, 7) is 0.0414. The number of carbonyl (C=O) groups excluding carboxylic acids is 3. The van der Waals surface area contributed by atoms with E-state index in [9.17, 15) is 40.7 Å². The van der Waals surface area contributed by atoms with E-state index in [2.05, 4.69) is 10.6 Å². The molecule has 0 unspecified atom stereocenters. The molecule has 12 heteroatoms. The number of nitrogens with zero attached hydrogens (tertiary/aromatic N) is 1. The molecule has 176 valence electrons. The number of nitrogens with one attached hydrogen (secondary N) is 2. The Morgan fingerprint density at radius 3 is 1.42 bits per heavy atom. The van der Waals surface area contributed by atoms with Gasteiger partial charge >= 0.3 is 12.4 Å². The van der Waals surface area contributed by atoms with Crippen molar-refractivity contribution in [2.75, 3.05) is 24.2 Å². The van der Waals surface area contributed by atoms with Gasteiger partial charge < -0.3 is 15.5 Å². The van der Waals surface area contributed by atoms with Crippen molar-refractivity contribution in [1.29, 1.82) is 0 Å². The molecule has 0 aromatic heterocycles. The molecule has 1 aliphatic heterocycles. The van der Waals surface area contributed by atoms with Crippen LogP contribution in [0.1, 0.15) is 17.5 Å². The maximum Gasteiger partial charge on any atom is 0.416 e. The highest BCUT2D eigenvalue weighted by Gasteiger charge is 2.57. The van der Waals surface area contributed by atoms with Crippen molar-refractivity contribution in [3.8, 4) is 0 Å². The number of halogens is 6. The Hall–Kier alpha value is -3.57. The van der Waals surface area contributed by atoms with E-state index in [-0.39, 0.29) is 24.3 Å². The molecule has 0 spiro atoms. The molecule has 0 radical (unpaired) electrons. The molecule has 6 nitrogen and oxygen atoms in total. The van der Waals surface area contributed by atoms with Crippen molar-refractivity contribution < 1.29 is 40.7 Å². The highest BCUT2D eigenvalue weighted by atomic mass is 19.4. The Balaban J connectivity index is 1.84. The van der Waals surface area contributed by atoms with Crippen molar-refractivity contribution in [3.05, 3.63) is 59.7 Å². The van der Waals surface area contributed by atoms with Crippen LogP contribution in [-0.4, -0.2) is 36.2 Å². The maximum atomic E-state index is 13.0. The van der Waals surface area contributed by atoms with Gasteiger partial charge in [-0.1, -0.05) is 0 Å². The van der Waals surface area contributed by atoms with Gasteiger partial charge in [-0.25, -0.2) is 0 Å². The van der Waals surface area contributed by atoms with Crippen molar-refractivity contribution >= 4 is 29.1 Å². The van der Waals surface area contributed by atoms with E-state index in [4.69, 9.17) is 0 Å². The van der Waals surface area contributed by atoms with Gasteiger partial charge in [-0.2, -0.15) is 26.3 Å². The number of hydrogen-bond acceptors (Lipinski definition) is 3. The van der Waals surface area contributed by atoms with Crippen LogP contribution in [0.15, 0.2) is 48.5 Å². The second-order valence-corrected chi connectivity index (χ2v) is 7.44. The lowest BCUT2D eigenvalue weighted by Crippen LogP contribution is -2.51. The largest absolute Gasteiger partial charge is 0.416 e. The highest BCUT2D eigenvalue weighted by Crippen LogP contribution is 2.36. The average Bonchev–Trinajstić information content (AvgIpc) is 3.03. The first kappa shape index (κ1) is 24.1. The van der Waals surface area contributed by atoms with Crippen molar-refractivity contribution in [2.45, 2.75) is 18.8 Å². The standard InChI is InChI=1S/C21H17F6N3O3/c1-30-11-10-19(18(30)33,16(31)28-14-6-2-12(3-7-14)20(22,23)24)17(32)29-15-8-4-13(5-9-15)21(25,26)27/h2-9H,10-11H2,1H3,(H,28,31)(H,29,32). The molecule has 3 amide bonds. The Bertz CT molecular complexity index is 991. The molecular weight excluding hydrogens is 456 g/mol. The summed E-state index contributed by atoms with van der Waals surface area (Å²) in [6, 6.07) is 6.83. The van der Waals surface area contributed by atoms with Crippen molar-refractivity contribution in [1.82, 2.24) is 4.90 Å². The second-order valence-electron chi connectivity index (χ2n) is 7.44. The zero-order valence-electron chi connectivity index (χ0n) is 17.0. The summed E-state index contributed by atoms with van der Waals surface area (Å²) in [5.41, 5.74) is -4.30. The third kappa shape index (κ3) is 4.78. The van der Waals surface area contributed by atoms with Crippen molar-refractivity contribution in [3.63, 3.8) is 0 Å². The molecule has 0 saturated carbocycles.